The molecule has 24 heavy (non-hydrogen) atoms. The summed E-state index contributed by atoms with van der Waals surface area (Å²) in [4.78, 5) is 3.95. The van der Waals surface area contributed by atoms with Gasteiger partial charge in [-0.15, -0.1) is 0 Å². The van der Waals surface area contributed by atoms with Gasteiger partial charge in [-0.1, -0.05) is 6.07 Å². The van der Waals surface area contributed by atoms with Gasteiger partial charge in [-0.3, -0.25) is 0 Å². The number of halogens is 6. The van der Waals surface area contributed by atoms with Crippen LogP contribution in [0, 0.1) is 6.57 Å². The molecular weight excluding hydrogens is 338 g/mol. The van der Waals surface area contributed by atoms with E-state index >= 15 is 0 Å². The summed E-state index contributed by atoms with van der Waals surface area (Å²) in [6, 6.07) is 0.964. The van der Waals surface area contributed by atoms with E-state index < -0.39 is 41.8 Å². The molecule has 0 radical (unpaired) electrons. The van der Waals surface area contributed by atoms with Gasteiger partial charge in [-0.2, -0.15) is 26.3 Å². The van der Waals surface area contributed by atoms with Gasteiger partial charge in [0.1, 0.15) is 0 Å². The summed E-state index contributed by atoms with van der Waals surface area (Å²) in [6.07, 6.45) is -12.0. The van der Waals surface area contributed by atoms with Gasteiger partial charge >= 0.3 is 12.4 Å². The van der Waals surface area contributed by atoms with Gasteiger partial charge in [-0.25, -0.2) is 4.85 Å². The molecule has 2 rings (SSSR count). The summed E-state index contributed by atoms with van der Waals surface area (Å²) in [5, 5.41) is 9.53. The molecule has 3 nitrogen and oxygen atoms in total. The Kier molecular flexibility index (Phi) is 4.72. The second-order valence-corrected chi connectivity index (χ2v) is 5.70. The fourth-order valence-corrected chi connectivity index (χ4v) is 3.00. The molecule has 1 aromatic carbocycles. The molecule has 0 amide bonds. The third kappa shape index (κ3) is 3.43. The Morgan fingerprint density at radius 3 is 2.33 bits per heavy atom. The maximum absolute atomic E-state index is 13.1. The first-order valence-corrected chi connectivity index (χ1v) is 7.08. The summed E-state index contributed by atoms with van der Waals surface area (Å²) in [5.41, 5.74) is -1.91. The van der Waals surface area contributed by atoms with Crippen LogP contribution >= 0.6 is 0 Å². The lowest BCUT2D eigenvalue weighted by atomic mass is 10.1. The Bertz CT molecular complexity index is 649. The third-order valence-corrected chi connectivity index (χ3v) is 4.12. The van der Waals surface area contributed by atoms with E-state index in [0.29, 0.717) is 12.5 Å². The highest BCUT2D eigenvalue weighted by Crippen LogP contribution is 2.42. The highest BCUT2D eigenvalue weighted by molar-refractivity contribution is 5.63. The number of anilines is 1. The zero-order chi connectivity index (χ0) is 18.3. The number of aliphatic hydroxyl groups is 1. The van der Waals surface area contributed by atoms with Gasteiger partial charge in [0, 0.05) is 11.7 Å². The third-order valence-electron chi connectivity index (χ3n) is 4.12. The highest BCUT2D eigenvalue weighted by atomic mass is 19.4. The predicted molar refractivity (Wildman–Crippen MR) is 74.7 cm³/mol. The predicted octanol–water partition coefficient (Wildman–Crippen LogP) is 4.54. The molecule has 1 aliphatic rings. The van der Waals surface area contributed by atoms with Gasteiger partial charge in [0.05, 0.1) is 18.2 Å². The Hall–Kier alpha value is -1.95. The molecule has 0 aliphatic carbocycles. The van der Waals surface area contributed by atoms with Crippen LogP contribution in [0.4, 0.5) is 37.7 Å². The maximum Gasteiger partial charge on any atom is 0.416 e. The van der Waals surface area contributed by atoms with Crippen LogP contribution in [0.2, 0.25) is 0 Å². The van der Waals surface area contributed by atoms with Gasteiger partial charge in [0.25, 0.3) is 0 Å². The molecule has 3 atom stereocenters. The largest absolute Gasteiger partial charge is 0.416 e. The maximum atomic E-state index is 13.1. The van der Waals surface area contributed by atoms with Crippen molar-refractivity contribution in [1.29, 1.82) is 0 Å². The van der Waals surface area contributed by atoms with Crippen molar-refractivity contribution in [3.05, 3.63) is 35.2 Å². The number of alkyl halides is 6. The fraction of sp³-hybridized carbons (Fsp3) is 0.533. The van der Waals surface area contributed by atoms with E-state index in [0.717, 1.165) is 11.0 Å². The van der Waals surface area contributed by atoms with Crippen LogP contribution in [0.3, 0.4) is 0 Å². The average Bonchev–Trinajstić information content (AvgIpc) is 2.85. The molecule has 1 saturated heterocycles. The quantitative estimate of drug-likeness (QED) is 0.625. The van der Waals surface area contributed by atoms with E-state index in [1.165, 1.54) is 6.07 Å². The minimum absolute atomic E-state index is 0.00770. The second-order valence-electron chi connectivity index (χ2n) is 5.70. The Labute approximate surface area is 134 Å². The molecule has 0 saturated carbocycles. The Morgan fingerprint density at radius 2 is 1.83 bits per heavy atom. The van der Waals surface area contributed by atoms with Crippen LogP contribution in [0.5, 0.6) is 0 Å². The molecule has 1 aromatic rings. The van der Waals surface area contributed by atoms with Crippen molar-refractivity contribution in [1.82, 2.24) is 0 Å². The lowest BCUT2D eigenvalue weighted by Gasteiger charge is -2.34. The summed E-state index contributed by atoms with van der Waals surface area (Å²) in [6.45, 7) is 8.38. The highest BCUT2D eigenvalue weighted by Gasteiger charge is 2.49. The second kappa shape index (κ2) is 6.16. The van der Waals surface area contributed by atoms with Crippen molar-refractivity contribution < 1.29 is 31.4 Å². The topological polar surface area (TPSA) is 27.8 Å². The summed E-state index contributed by atoms with van der Waals surface area (Å²) < 4.78 is 77.6. The molecule has 0 spiro atoms. The van der Waals surface area contributed by atoms with Gasteiger partial charge < -0.3 is 10.0 Å². The average molecular weight is 352 g/mol. The van der Waals surface area contributed by atoms with Crippen LogP contribution in [0.25, 0.3) is 4.85 Å². The first-order chi connectivity index (χ1) is 11.0. The molecule has 0 bridgehead atoms. The minimum atomic E-state index is -4.86. The van der Waals surface area contributed by atoms with Crippen molar-refractivity contribution >= 4 is 11.4 Å². The van der Waals surface area contributed by atoms with Gasteiger partial charge in [0.15, 0.2) is 11.8 Å². The number of hydrogen-bond donors (Lipinski definition) is 1. The molecule has 0 aromatic heterocycles. The van der Waals surface area contributed by atoms with E-state index in [-0.39, 0.29) is 12.1 Å². The fourth-order valence-electron chi connectivity index (χ4n) is 3.00. The monoisotopic (exact) mass is 352 g/mol. The number of rotatable bonds is 2. The van der Waals surface area contributed by atoms with E-state index in [1.807, 2.05) is 0 Å². The smallest absolute Gasteiger partial charge is 0.382 e. The van der Waals surface area contributed by atoms with Crippen LogP contribution in [-0.4, -0.2) is 29.5 Å². The number of benzene rings is 1. The van der Waals surface area contributed by atoms with Gasteiger partial charge in [-0.05, 0) is 31.9 Å². The van der Waals surface area contributed by atoms with E-state index in [9.17, 15) is 31.4 Å². The molecule has 132 valence electrons. The van der Waals surface area contributed by atoms with E-state index in [4.69, 9.17) is 6.57 Å². The SMILES string of the molecule is [C-]#[N+]c1ccc(N2[C@H](C)CC[C@@H]2[C@H](O)C(F)(F)F)cc1C(F)(F)F. The number of hydrogen-bond acceptors (Lipinski definition) is 2. The van der Waals surface area contributed by atoms with Crippen LogP contribution in [0.15, 0.2) is 18.2 Å². The summed E-state index contributed by atoms with van der Waals surface area (Å²) in [7, 11) is 0. The normalized spacial score (nSPS) is 23.2. The van der Waals surface area contributed by atoms with E-state index in [2.05, 4.69) is 4.85 Å². The molecule has 1 aliphatic heterocycles. The van der Waals surface area contributed by atoms with Crippen LogP contribution < -0.4 is 4.90 Å². The first-order valence-electron chi connectivity index (χ1n) is 7.08. The van der Waals surface area contributed by atoms with Crippen LogP contribution in [-0.2, 0) is 6.18 Å². The Morgan fingerprint density at radius 1 is 1.21 bits per heavy atom. The van der Waals surface area contributed by atoms with Crippen molar-refractivity contribution in [2.75, 3.05) is 4.90 Å². The van der Waals surface area contributed by atoms with Gasteiger partial charge in [0.2, 0.25) is 0 Å². The molecular formula is C15H14F6N2O. The molecule has 1 fully saturated rings. The molecule has 0 unspecified atom stereocenters. The Balaban J connectivity index is 2.47. The minimum Gasteiger partial charge on any atom is -0.382 e. The van der Waals surface area contributed by atoms with Crippen molar-refractivity contribution in [2.45, 2.75) is 50.3 Å². The first kappa shape index (κ1) is 18.4. The lowest BCUT2D eigenvalue weighted by Crippen LogP contribution is -2.48. The standard InChI is InChI=1S/C15H14F6N2O/c1-8-3-6-12(13(24)15(19,20)21)23(8)9-4-5-11(22-2)10(7-9)14(16,17)18/h4-5,7-8,12-13,24H,3,6H2,1H3/t8-,12-,13+/m1/s1. The zero-order valence-electron chi connectivity index (χ0n) is 12.5. The van der Waals surface area contributed by atoms with E-state index in [1.54, 1.807) is 6.92 Å². The van der Waals surface area contributed by atoms with Crippen molar-refractivity contribution in [3.8, 4) is 0 Å². The van der Waals surface area contributed by atoms with Crippen molar-refractivity contribution in [2.24, 2.45) is 0 Å². The molecule has 9 heteroatoms. The summed E-state index contributed by atoms with van der Waals surface area (Å²) in [5.74, 6) is 0. The molecule has 1 N–H and O–H groups in total. The number of nitrogens with zero attached hydrogens (tertiary/aromatic N) is 2. The zero-order valence-corrected chi connectivity index (χ0v) is 12.5. The molecule has 1 heterocycles. The number of aliphatic hydroxyl groups excluding tert-OH is 1. The van der Waals surface area contributed by atoms with Crippen LogP contribution in [0.1, 0.15) is 25.3 Å². The lowest BCUT2D eigenvalue weighted by molar-refractivity contribution is -0.209. The summed E-state index contributed by atoms with van der Waals surface area (Å²) >= 11 is 0. The van der Waals surface area contributed by atoms with Crippen molar-refractivity contribution in [3.63, 3.8) is 0 Å².